The number of sulfonamides is 1. The zero-order valence-corrected chi connectivity index (χ0v) is 15.8. The third kappa shape index (κ3) is 3.57. The van der Waals surface area contributed by atoms with Crippen molar-refractivity contribution in [1.82, 2.24) is 24.9 Å². The first-order chi connectivity index (χ1) is 13.6. The summed E-state index contributed by atoms with van der Waals surface area (Å²) in [6.07, 6.45) is 3.15. The van der Waals surface area contributed by atoms with Crippen molar-refractivity contribution in [2.75, 3.05) is 7.11 Å². The molecule has 0 aliphatic rings. The van der Waals surface area contributed by atoms with E-state index >= 15 is 0 Å². The smallest absolute Gasteiger partial charge is 0.241 e. The summed E-state index contributed by atoms with van der Waals surface area (Å²) < 4.78 is 33.4. The van der Waals surface area contributed by atoms with E-state index in [0.29, 0.717) is 11.6 Å². The van der Waals surface area contributed by atoms with Crippen molar-refractivity contribution in [3.05, 3.63) is 66.7 Å². The first kappa shape index (κ1) is 18.1. The minimum absolute atomic E-state index is 0.0509. The molecule has 0 radical (unpaired) electrons. The van der Waals surface area contributed by atoms with Gasteiger partial charge in [-0.1, -0.05) is 12.1 Å². The van der Waals surface area contributed by atoms with Gasteiger partial charge in [0.1, 0.15) is 11.6 Å². The standard InChI is InChI=1S/C19H17N5O3S/c1-27-18-10-14(6-7-15(18)13-8-9-20-21-11-13)28(25,26)22-12-19-23-16-4-2-3-5-17(16)24-19/h2-11,22H,12H2,1H3,(H,23,24). The SMILES string of the molecule is COc1cc(S(=O)(=O)NCc2nc3ccccc3[nH]2)ccc1-c1ccnnc1. The number of rotatable bonds is 6. The van der Waals surface area contributed by atoms with Gasteiger partial charge in [-0.2, -0.15) is 10.2 Å². The fraction of sp³-hybridized carbons (Fsp3) is 0.105. The number of methoxy groups -OCH3 is 1. The molecule has 2 N–H and O–H groups in total. The summed E-state index contributed by atoms with van der Waals surface area (Å²) in [7, 11) is -2.25. The topological polar surface area (TPSA) is 110 Å². The van der Waals surface area contributed by atoms with E-state index in [4.69, 9.17) is 4.74 Å². The number of fused-ring (bicyclic) bond motifs is 1. The number of hydrogen-bond donors (Lipinski definition) is 2. The van der Waals surface area contributed by atoms with Crippen molar-refractivity contribution in [3.63, 3.8) is 0 Å². The normalized spacial score (nSPS) is 11.6. The second kappa shape index (κ2) is 7.37. The number of aromatic amines is 1. The van der Waals surface area contributed by atoms with Gasteiger partial charge in [0, 0.05) is 17.2 Å². The largest absolute Gasteiger partial charge is 0.496 e. The van der Waals surface area contributed by atoms with Crippen LogP contribution in [0.25, 0.3) is 22.2 Å². The van der Waals surface area contributed by atoms with E-state index in [0.717, 1.165) is 22.2 Å². The number of benzene rings is 2. The maximum absolute atomic E-state index is 12.7. The second-order valence-electron chi connectivity index (χ2n) is 6.02. The number of nitrogens with zero attached hydrogens (tertiary/aromatic N) is 3. The van der Waals surface area contributed by atoms with Crippen LogP contribution in [0.5, 0.6) is 5.75 Å². The van der Waals surface area contributed by atoms with Crippen LogP contribution in [0.4, 0.5) is 0 Å². The molecule has 2 aromatic heterocycles. The van der Waals surface area contributed by atoms with Gasteiger partial charge in [0.15, 0.2) is 0 Å². The molecule has 0 saturated carbocycles. The molecule has 9 heteroatoms. The van der Waals surface area contributed by atoms with Crippen LogP contribution in [0.15, 0.2) is 65.8 Å². The van der Waals surface area contributed by atoms with E-state index in [2.05, 4.69) is 24.9 Å². The van der Waals surface area contributed by atoms with Gasteiger partial charge < -0.3 is 9.72 Å². The summed E-state index contributed by atoms with van der Waals surface area (Å²) in [5, 5.41) is 7.59. The van der Waals surface area contributed by atoms with Crippen LogP contribution in [0.2, 0.25) is 0 Å². The summed E-state index contributed by atoms with van der Waals surface area (Å²) in [4.78, 5) is 7.58. The minimum Gasteiger partial charge on any atom is -0.496 e. The Morgan fingerprint density at radius 1 is 1.11 bits per heavy atom. The number of ether oxygens (including phenoxy) is 1. The first-order valence-electron chi connectivity index (χ1n) is 8.45. The molecule has 8 nitrogen and oxygen atoms in total. The van der Waals surface area contributed by atoms with E-state index in [1.54, 1.807) is 24.5 Å². The molecule has 0 aliphatic heterocycles. The van der Waals surface area contributed by atoms with Crippen molar-refractivity contribution in [3.8, 4) is 16.9 Å². The molecule has 4 aromatic rings. The van der Waals surface area contributed by atoms with E-state index in [9.17, 15) is 8.42 Å². The summed E-state index contributed by atoms with van der Waals surface area (Å²) >= 11 is 0. The Bertz CT molecular complexity index is 1190. The highest BCUT2D eigenvalue weighted by atomic mass is 32.2. The van der Waals surface area contributed by atoms with Crippen molar-refractivity contribution in [2.45, 2.75) is 11.4 Å². The lowest BCUT2D eigenvalue weighted by atomic mass is 10.1. The van der Waals surface area contributed by atoms with Crippen LogP contribution in [0.3, 0.4) is 0 Å². The zero-order chi connectivity index (χ0) is 19.6. The predicted octanol–water partition coefficient (Wildman–Crippen LogP) is 2.51. The minimum atomic E-state index is -3.75. The number of para-hydroxylation sites is 2. The number of hydrogen-bond acceptors (Lipinski definition) is 6. The Kier molecular flexibility index (Phi) is 4.76. The Morgan fingerprint density at radius 2 is 1.96 bits per heavy atom. The quantitative estimate of drug-likeness (QED) is 0.519. The van der Waals surface area contributed by atoms with Crippen LogP contribution in [0, 0.1) is 0 Å². The molecule has 0 spiro atoms. The van der Waals surface area contributed by atoms with E-state index in [1.807, 2.05) is 24.3 Å². The third-order valence-corrected chi connectivity index (χ3v) is 5.65. The molecule has 2 heterocycles. The monoisotopic (exact) mass is 395 g/mol. The Morgan fingerprint density at radius 3 is 2.71 bits per heavy atom. The van der Waals surface area contributed by atoms with Crippen molar-refractivity contribution >= 4 is 21.1 Å². The first-order valence-corrected chi connectivity index (χ1v) is 9.93. The highest BCUT2D eigenvalue weighted by Gasteiger charge is 2.18. The molecular formula is C19H17N5O3S. The Hall–Kier alpha value is -3.30. The second-order valence-corrected chi connectivity index (χ2v) is 7.79. The highest BCUT2D eigenvalue weighted by Crippen LogP contribution is 2.31. The van der Waals surface area contributed by atoms with Gasteiger partial charge in [-0.3, -0.25) is 0 Å². The summed E-state index contributed by atoms with van der Waals surface area (Å²) in [6.45, 7) is 0.0509. The van der Waals surface area contributed by atoms with Crippen LogP contribution < -0.4 is 9.46 Å². The molecule has 0 aliphatic carbocycles. The average molecular weight is 395 g/mol. The number of H-pyrrole nitrogens is 1. The van der Waals surface area contributed by atoms with Crippen molar-refractivity contribution in [2.24, 2.45) is 0 Å². The molecule has 0 saturated heterocycles. The van der Waals surface area contributed by atoms with Crippen molar-refractivity contribution in [1.29, 1.82) is 0 Å². The highest BCUT2D eigenvalue weighted by molar-refractivity contribution is 7.89. The van der Waals surface area contributed by atoms with Crippen LogP contribution >= 0.6 is 0 Å². The molecule has 4 rings (SSSR count). The van der Waals surface area contributed by atoms with E-state index in [1.165, 1.54) is 19.2 Å². The number of imidazole rings is 1. The van der Waals surface area contributed by atoms with Crippen LogP contribution in [0.1, 0.15) is 5.82 Å². The molecule has 28 heavy (non-hydrogen) atoms. The average Bonchev–Trinajstić information content (AvgIpc) is 3.15. The van der Waals surface area contributed by atoms with Gasteiger partial charge in [-0.25, -0.2) is 18.1 Å². The third-order valence-electron chi connectivity index (χ3n) is 4.25. The van der Waals surface area contributed by atoms with Crippen molar-refractivity contribution < 1.29 is 13.2 Å². The van der Waals surface area contributed by atoms with Gasteiger partial charge in [0.05, 0.1) is 42.0 Å². The van der Waals surface area contributed by atoms with Gasteiger partial charge >= 0.3 is 0 Å². The van der Waals surface area contributed by atoms with Gasteiger partial charge in [-0.05, 0) is 30.3 Å². The molecule has 0 amide bonds. The molecule has 0 bridgehead atoms. The van der Waals surface area contributed by atoms with Gasteiger partial charge in [0.2, 0.25) is 10.0 Å². The lowest BCUT2D eigenvalue weighted by Gasteiger charge is -2.11. The summed E-state index contributed by atoms with van der Waals surface area (Å²) in [5.41, 5.74) is 3.15. The molecule has 0 unspecified atom stereocenters. The van der Waals surface area contributed by atoms with E-state index < -0.39 is 10.0 Å². The fourth-order valence-corrected chi connectivity index (χ4v) is 3.87. The molecular weight excluding hydrogens is 378 g/mol. The summed E-state index contributed by atoms with van der Waals surface area (Å²) in [6, 6.07) is 14.0. The predicted molar refractivity (Wildman–Crippen MR) is 104 cm³/mol. The van der Waals surface area contributed by atoms with E-state index in [-0.39, 0.29) is 11.4 Å². The molecule has 0 fully saturated rings. The van der Waals surface area contributed by atoms with Crippen LogP contribution in [-0.4, -0.2) is 35.7 Å². The molecule has 142 valence electrons. The lowest BCUT2D eigenvalue weighted by Crippen LogP contribution is -2.23. The number of nitrogens with one attached hydrogen (secondary N) is 2. The number of aromatic nitrogens is 4. The molecule has 0 atom stereocenters. The maximum atomic E-state index is 12.7. The van der Waals surface area contributed by atoms with Gasteiger partial charge in [0.25, 0.3) is 0 Å². The Labute approximate surface area is 161 Å². The maximum Gasteiger partial charge on any atom is 0.241 e. The van der Waals surface area contributed by atoms with Gasteiger partial charge in [-0.15, -0.1) is 0 Å². The zero-order valence-electron chi connectivity index (χ0n) is 15.0. The fourth-order valence-electron chi connectivity index (χ4n) is 2.86. The summed E-state index contributed by atoms with van der Waals surface area (Å²) in [5.74, 6) is 0.968. The lowest BCUT2D eigenvalue weighted by molar-refractivity contribution is 0.415. The molecule has 2 aromatic carbocycles. The Balaban J connectivity index is 1.58. The van der Waals surface area contributed by atoms with Crippen LogP contribution in [-0.2, 0) is 16.6 Å².